The molecule has 2 aromatic carbocycles. The van der Waals surface area contributed by atoms with E-state index in [4.69, 9.17) is 21.1 Å². The van der Waals surface area contributed by atoms with Crippen molar-refractivity contribution in [2.75, 3.05) is 27.3 Å². The molecule has 5 heteroatoms. The van der Waals surface area contributed by atoms with E-state index in [0.29, 0.717) is 11.6 Å². The summed E-state index contributed by atoms with van der Waals surface area (Å²) in [5.41, 5.74) is 2.19. The fraction of sp³-hybridized carbons (Fsp3) is 0.350. The van der Waals surface area contributed by atoms with Crippen molar-refractivity contribution < 1.29 is 14.3 Å². The summed E-state index contributed by atoms with van der Waals surface area (Å²) in [6.45, 7) is 2.21. The van der Waals surface area contributed by atoms with Crippen LogP contribution in [0.4, 0.5) is 0 Å². The van der Waals surface area contributed by atoms with Gasteiger partial charge in [0.1, 0.15) is 5.75 Å². The molecule has 0 spiro atoms. The second-order valence-corrected chi connectivity index (χ2v) is 6.74. The molecule has 2 atom stereocenters. The fourth-order valence-corrected chi connectivity index (χ4v) is 3.74. The molecule has 132 valence electrons. The molecule has 0 aliphatic carbocycles. The Balaban J connectivity index is 1.88. The summed E-state index contributed by atoms with van der Waals surface area (Å²) in [5, 5.41) is 0.640. The Labute approximate surface area is 153 Å². The molecule has 1 aliphatic rings. The number of carbonyl (C=O) groups is 1. The normalized spacial score (nSPS) is 20.4. The maximum absolute atomic E-state index is 12.4. The number of ether oxygens (including phenoxy) is 2. The van der Waals surface area contributed by atoms with E-state index in [1.165, 1.54) is 12.7 Å². The zero-order valence-electron chi connectivity index (χ0n) is 14.4. The molecule has 0 amide bonds. The van der Waals surface area contributed by atoms with Crippen LogP contribution in [0.5, 0.6) is 5.75 Å². The van der Waals surface area contributed by atoms with Crippen LogP contribution < -0.4 is 4.74 Å². The summed E-state index contributed by atoms with van der Waals surface area (Å²) >= 11 is 6.19. The Morgan fingerprint density at radius 3 is 2.60 bits per heavy atom. The number of hydrogen-bond acceptors (Lipinski definition) is 4. The number of esters is 1. The highest BCUT2D eigenvalue weighted by Gasteiger charge is 2.40. The van der Waals surface area contributed by atoms with Crippen LogP contribution in [0.25, 0.3) is 0 Å². The van der Waals surface area contributed by atoms with Crippen molar-refractivity contribution in [1.82, 2.24) is 4.90 Å². The third-order valence-corrected chi connectivity index (χ3v) is 4.97. The van der Waals surface area contributed by atoms with Crippen LogP contribution in [0.2, 0.25) is 5.02 Å². The van der Waals surface area contributed by atoms with Crippen LogP contribution in [-0.2, 0) is 16.1 Å². The maximum atomic E-state index is 12.4. The number of hydrogen-bond donors (Lipinski definition) is 0. The summed E-state index contributed by atoms with van der Waals surface area (Å²) in [4.78, 5) is 14.6. The fourth-order valence-electron chi connectivity index (χ4n) is 3.56. The van der Waals surface area contributed by atoms with Gasteiger partial charge >= 0.3 is 5.97 Å². The van der Waals surface area contributed by atoms with Crippen LogP contribution in [0.3, 0.4) is 0 Å². The topological polar surface area (TPSA) is 38.8 Å². The van der Waals surface area contributed by atoms with Gasteiger partial charge in [-0.05, 0) is 23.8 Å². The van der Waals surface area contributed by atoms with E-state index in [9.17, 15) is 4.79 Å². The molecule has 25 heavy (non-hydrogen) atoms. The van der Waals surface area contributed by atoms with Gasteiger partial charge in [-0.2, -0.15) is 0 Å². The van der Waals surface area contributed by atoms with Crippen molar-refractivity contribution in [3.8, 4) is 5.75 Å². The first-order chi connectivity index (χ1) is 12.1. The molecule has 0 radical (unpaired) electrons. The van der Waals surface area contributed by atoms with Crippen LogP contribution >= 0.6 is 11.6 Å². The molecule has 4 nitrogen and oxygen atoms in total. The van der Waals surface area contributed by atoms with Gasteiger partial charge in [-0.15, -0.1) is 0 Å². The van der Waals surface area contributed by atoms with Gasteiger partial charge in [0.2, 0.25) is 0 Å². The summed E-state index contributed by atoms with van der Waals surface area (Å²) in [7, 11) is 3.07. The average molecular weight is 360 g/mol. The van der Waals surface area contributed by atoms with E-state index in [2.05, 4.69) is 17.0 Å². The van der Waals surface area contributed by atoms with Gasteiger partial charge in [-0.3, -0.25) is 9.69 Å². The summed E-state index contributed by atoms with van der Waals surface area (Å²) in [6, 6.07) is 15.8. The van der Waals surface area contributed by atoms with Gasteiger partial charge in [0.15, 0.2) is 0 Å². The van der Waals surface area contributed by atoms with Gasteiger partial charge in [0.25, 0.3) is 0 Å². The Morgan fingerprint density at radius 1 is 1.16 bits per heavy atom. The molecule has 3 rings (SSSR count). The molecule has 2 aromatic rings. The molecular formula is C20H22ClNO3. The molecule has 1 heterocycles. The monoisotopic (exact) mass is 359 g/mol. The highest BCUT2D eigenvalue weighted by atomic mass is 35.5. The van der Waals surface area contributed by atoms with E-state index in [0.717, 1.165) is 24.4 Å². The first-order valence-corrected chi connectivity index (χ1v) is 8.67. The van der Waals surface area contributed by atoms with Gasteiger partial charge in [-0.25, -0.2) is 0 Å². The van der Waals surface area contributed by atoms with Crippen molar-refractivity contribution in [3.63, 3.8) is 0 Å². The number of carbonyl (C=O) groups excluding carboxylic acids is 1. The number of rotatable bonds is 5. The Morgan fingerprint density at radius 2 is 1.92 bits per heavy atom. The molecule has 0 N–H and O–H groups in total. The lowest BCUT2D eigenvalue weighted by Crippen LogP contribution is -2.24. The minimum atomic E-state index is -0.235. The minimum Gasteiger partial charge on any atom is -0.496 e. The van der Waals surface area contributed by atoms with Crippen LogP contribution in [-0.4, -0.2) is 38.2 Å². The predicted octanol–water partition coefficient (Wildman–Crippen LogP) is 3.74. The van der Waals surface area contributed by atoms with E-state index in [1.807, 2.05) is 30.3 Å². The number of likely N-dealkylation sites (tertiary alicyclic amines) is 1. The van der Waals surface area contributed by atoms with Gasteiger partial charge < -0.3 is 9.47 Å². The highest BCUT2D eigenvalue weighted by Crippen LogP contribution is 2.39. The second-order valence-electron chi connectivity index (χ2n) is 6.30. The number of halogens is 1. The average Bonchev–Trinajstić information content (AvgIpc) is 3.05. The van der Waals surface area contributed by atoms with Crippen molar-refractivity contribution in [2.45, 2.75) is 12.5 Å². The third-order valence-electron chi connectivity index (χ3n) is 4.74. The SMILES string of the molecule is COC(=O)[C@H]1CN(Cc2ccccc2)C[C@@H]1c1cc(Cl)ccc1OC. The van der Waals surface area contributed by atoms with Gasteiger partial charge in [0, 0.05) is 36.1 Å². The lowest BCUT2D eigenvalue weighted by Gasteiger charge is -2.19. The van der Waals surface area contributed by atoms with Crippen LogP contribution in [0.1, 0.15) is 17.0 Å². The molecule has 0 aromatic heterocycles. The molecule has 0 saturated carbocycles. The summed E-state index contributed by atoms with van der Waals surface area (Å²) < 4.78 is 10.5. The predicted molar refractivity (Wildman–Crippen MR) is 98.0 cm³/mol. The van der Waals surface area contributed by atoms with Gasteiger partial charge in [-0.1, -0.05) is 41.9 Å². The number of methoxy groups -OCH3 is 2. The molecule has 0 unspecified atom stereocenters. The van der Waals surface area contributed by atoms with E-state index in [-0.39, 0.29) is 17.8 Å². The molecule has 1 saturated heterocycles. The summed E-state index contributed by atoms with van der Waals surface area (Å²) in [6.07, 6.45) is 0. The molecular weight excluding hydrogens is 338 g/mol. The van der Waals surface area contributed by atoms with Crippen molar-refractivity contribution in [1.29, 1.82) is 0 Å². The lowest BCUT2D eigenvalue weighted by molar-refractivity contribution is -0.145. The standard InChI is InChI=1S/C20H22ClNO3/c1-24-19-9-8-15(21)10-16(19)17-12-22(13-18(17)20(23)25-2)11-14-6-4-3-5-7-14/h3-10,17-18H,11-13H2,1-2H3/t17-,18+/m1/s1. The van der Waals surface area contributed by atoms with Crippen molar-refractivity contribution in [3.05, 3.63) is 64.7 Å². The molecule has 1 fully saturated rings. The van der Waals surface area contributed by atoms with Gasteiger partial charge in [0.05, 0.1) is 20.1 Å². The molecule has 1 aliphatic heterocycles. The van der Waals surface area contributed by atoms with E-state index >= 15 is 0 Å². The summed E-state index contributed by atoms with van der Waals surface area (Å²) in [5.74, 6) is 0.318. The van der Waals surface area contributed by atoms with Crippen molar-refractivity contribution in [2.24, 2.45) is 5.92 Å². The van der Waals surface area contributed by atoms with Crippen LogP contribution in [0, 0.1) is 5.92 Å². The first kappa shape index (κ1) is 17.8. The highest BCUT2D eigenvalue weighted by molar-refractivity contribution is 6.30. The van der Waals surface area contributed by atoms with Crippen LogP contribution in [0.15, 0.2) is 48.5 Å². The Bertz CT molecular complexity index is 735. The quantitative estimate of drug-likeness (QED) is 0.762. The Hall–Kier alpha value is -2.04. The van der Waals surface area contributed by atoms with Crippen molar-refractivity contribution >= 4 is 17.6 Å². The Kier molecular flexibility index (Phi) is 5.61. The first-order valence-electron chi connectivity index (χ1n) is 8.30. The molecule has 0 bridgehead atoms. The zero-order chi connectivity index (χ0) is 17.8. The van der Waals surface area contributed by atoms with E-state index in [1.54, 1.807) is 13.2 Å². The minimum absolute atomic E-state index is 0.00943. The maximum Gasteiger partial charge on any atom is 0.310 e. The lowest BCUT2D eigenvalue weighted by atomic mass is 9.88. The number of nitrogens with zero attached hydrogens (tertiary/aromatic N) is 1. The third kappa shape index (κ3) is 3.97. The second kappa shape index (κ2) is 7.89. The smallest absolute Gasteiger partial charge is 0.310 e. The zero-order valence-corrected chi connectivity index (χ0v) is 15.2. The largest absolute Gasteiger partial charge is 0.496 e. The number of benzene rings is 2. The van der Waals surface area contributed by atoms with E-state index < -0.39 is 0 Å².